The summed E-state index contributed by atoms with van der Waals surface area (Å²) in [6.45, 7) is 6.15. The smallest absolute Gasteiger partial charge is 0.322 e. The molecule has 0 aliphatic carbocycles. The molecule has 0 aliphatic heterocycles. The minimum absolute atomic E-state index is 0.0757. The highest BCUT2D eigenvalue weighted by Gasteiger charge is 2.16. The van der Waals surface area contributed by atoms with Crippen LogP contribution in [0.2, 0.25) is 0 Å². The van der Waals surface area contributed by atoms with Crippen molar-refractivity contribution < 1.29 is 9.53 Å². The van der Waals surface area contributed by atoms with Gasteiger partial charge < -0.3 is 10.5 Å². The SMILES string of the molecule is CCCCCCCC(CCCCCCC)OC(=O)[C@H](C)N. The second kappa shape index (κ2) is 14.4. The fourth-order valence-electron chi connectivity index (χ4n) is 2.48. The van der Waals surface area contributed by atoms with Crippen LogP contribution >= 0.6 is 0 Å². The van der Waals surface area contributed by atoms with E-state index in [1.54, 1.807) is 6.92 Å². The summed E-state index contributed by atoms with van der Waals surface area (Å²) in [6.07, 6.45) is 14.6. The summed E-state index contributed by atoms with van der Waals surface area (Å²) in [4.78, 5) is 11.7. The standard InChI is InChI=1S/C18H37NO2/c1-4-6-8-10-12-14-17(21-18(20)16(3)19)15-13-11-9-7-5-2/h16-17H,4-15,19H2,1-3H3/t16-/m0/s1. The van der Waals surface area contributed by atoms with Crippen molar-refractivity contribution in [3.8, 4) is 0 Å². The highest BCUT2D eigenvalue weighted by Crippen LogP contribution is 2.16. The molecule has 0 aromatic carbocycles. The summed E-state index contributed by atoms with van der Waals surface area (Å²) >= 11 is 0. The van der Waals surface area contributed by atoms with Crippen LogP contribution in [-0.2, 0) is 9.53 Å². The predicted molar refractivity (Wildman–Crippen MR) is 90.3 cm³/mol. The molecule has 3 heteroatoms. The number of carbonyl (C=O) groups excluding carboxylic acids is 1. The molecule has 0 unspecified atom stereocenters. The monoisotopic (exact) mass is 299 g/mol. The van der Waals surface area contributed by atoms with Crippen LogP contribution in [0.25, 0.3) is 0 Å². The molecule has 0 aromatic heterocycles. The first kappa shape index (κ1) is 20.4. The molecule has 126 valence electrons. The Morgan fingerprint density at radius 3 is 1.67 bits per heavy atom. The van der Waals surface area contributed by atoms with Crippen molar-refractivity contribution in [2.45, 2.75) is 110 Å². The fourth-order valence-corrected chi connectivity index (χ4v) is 2.48. The molecular formula is C18H37NO2. The number of nitrogens with two attached hydrogens (primary N) is 1. The van der Waals surface area contributed by atoms with Gasteiger partial charge in [0.25, 0.3) is 0 Å². The van der Waals surface area contributed by atoms with Crippen LogP contribution < -0.4 is 5.73 Å². The van der Waals surface area contributed by atoms with Gasteiger partial charge in [0.1, 0.15) is 12.1 Å². The van der Waals surface area contributed by atoms with E-state index >= 15 is 0 Å². The lowest BCUT2D eigenvalue weighted by Crippen LogP contribution is -2.32. The van der Waals surface area contributed by atoms with Crippen LogP contribution in [0.3, 0.4) is 0 Å². The van der Waals surface area contributed by atoms with Crippen LogP contribution in [0.15, 0.2) is 0 Å². The molecule has 0 saturated carbocycles. The molecule has 0 rings (SSSR count). The summed E-state index contributed by atoms with van der Waals surface area (Å²) in [5, 5.41) is 0. The highest BCUT2D eigenvalue weighted by molar-refractivity contribution is 5.75. The highest BCUT2D eigenvalue weighted by atomic mass is 16.5. The van der Waals surface area contributed by atoms with E-state index in [1.165, 1.54) is 51.4 Å². The third-order valence-electron chi connectivity index (χ3n) is 3.91. The van der Waals surface area contributed by atoms with Gasteiger partial charge in [-0.25, -0.2) is 0 Å². The fraction of sp³-hybridized carbons (Fsp3) is 0.944. The van der Waals surface area contributed by atoms with E-state index in [1.807, 2.05) is 0 Å². The second-order valence-electron chi connectivity index (χ2n) is 6.25. The molecule has 0 spiro atoms. The van der Waals surface area contributed by atoms with Crippen LogP contribution in [0.5, 0.6) is 0 Å². The second-order valence-corrected chi connectivity index (χ2v) is 6.25. The molecule has 0 heterocycles. The van der Waals surface area contributed by atoms with Gasteiger partial charge in [0.15, 0.2) is 0 Å². The Labute approximate surface area is 132 Å². The molecule has 0 aromatic rings. The minimum atomic E-state index is -0.507. The Kier molecular flexibility index (Phi) is 14.0. The van der Waals surface area contributed by atoms with Gasteiger partial charge in [-0.15, -0.1) is 0 Å². The molecule has 0 saturated heterocycles. The zero-order chi connectivity index (χ0) is 15.9. The number of hydrogen-bond donors (Lipinski definition) is 1. The van der Waals surface area contributed by atoms with Crippen molar-refractivity contribution in [3.63, 3.8) is 0 Å². The van der Waals surface area contributed by atoms with E-state index < -0.39 is 6.04 Å². The largest absolute Gasteiger partial charge is 0.461 e. The maximum atomic E-state index is 11.7. The zero-order valence-electron chi connectivity index (χ0n) is 14.5. The van der Waals surface area contributed by atoms with Gasteiger partial charge in [0, 0.05) is 0 Å². The lowest BCUT2D eigenvalue weighted by Gasteiger charge is -2.19. The van der Waals surface area contributed by atoms with Crippen molar-refractivity contribution in [1.29, 1.82) is 0 Å². The number of rotatable bonds is 14. The molecule has 21 heavy (non-hydrogen) atoms. The van der Waals surface area contributed by atoms with Gasteiger partial charge in [-0.3, -0.25) is 4.79 Å². The number of unbranched alkanes of at least 4 members (excludes halogenated alkanes) is 8. The van der Waals surface area contributed by atoms with Crippen LogP contribution in [0, 0.1) is 0 Å². The Balaban J connectivity index is 3.94. The van der Waals surface area contributed by atoms with Crippen molar-refractivity contribution in [2.75, 3.05) is 0 Å². The van der Waals surface area contributed by atoms with E-state index in [4.69, 9.17) is 10.5 Å². The van der Waals surface area contributed by atoms with Crippen LogP contribution in [0.1, 0.15) is 97.8 Å². The summed E-state index contributed by atoms with van der Waals surface area (Å²) < 4.78 is 5.56. The number of esters is 1. The molecule has 3 nitrogen and oxygen atoms in total. The summed E-state index contributed by atoms with van der Waals surface area (Å²) in [5.41, 5.74) is 5.60. The van der Waals surface area contributed by atoms with Gasteiger partial charge in [-0.1, -0.05) is 65.2 Å². The van der Waals surface area contributed by atoms with Crippen molar-refractivity contribution in [2.24, 2.45) is 5.73 Å². The average Bonchev–Trinajstić information content (AvgIpc) is 2.46. The van der Waals surface area contributed by atoms with Gasteiger partial charge in [-0.2, -0.15) is 0 Å². The van der Waals surface area contributed by atoms with E-state index in [0.717, 1.165) is 25.7 Å². The number of carbonyl (C=O) groups is 1. The lowest BCUT2D eigenvalue weighted by atomic mass is 10.0. The average molecular weight is 299 g/mol. The van der Waals surface area contributed by atoms with E-state index in [0.29, 0.717) is 0 Å². The maximum Gasteiger partial charge on any atom is 0.322 e. The molecule has 2 N–H and O–H groups in total. The quantitative estimate of drug-likeness (QED) is 0.364. The Morgan fingerprint density at radius 1 is 0.857 bits per heavy atom. The minimum Gasteiger partial charge on any atom is -0.461 e. The molecule has 0 fully saturated rings. The first-order valence-corrected chi connectivity index (χ1v) is 9.07. The molecular weight excluding hydrogens is 262 g/mol. The summed E-state index contributed by atoms with van der Waals surface area (Å²) in [5.74, 6) is -0.248. The Morgan fingerprint density at radius 2 is 1.29 bits per heavy atom. The summed E-state index contributed by atoms with van der Waals surface area (Å²) in [6, 6.07) is -0.507. The van der Waals surface area contributed by atoms with E-state index in [-0.39, 0.29) is 12.1 Å². The van der Waals surface area contributed by atoms with E-state index in [2.05, 4.69) is 13.8 Å². The van der Waals surface area contributed by atoms with Crippen molar-refractivity contribution >= 4 is 5.97 Å². The zero-order valence-corrected chi connectivity index (χ0v) is 14.5. The third kappa shape index (κ3) is 12.9. The first-order valence-electron chi connectivity index (χ1n) is 9.07. The van der Waals surface area contributed by atoms with E-state index in [9.17, 15) is 4.79 Å². The molecule has 0 amide bonds. The molecule has 1 atom stereocenters. The third-order valence-corrected chi connectivity index (χ3v) is 3.91. The predicted octanol–water partition coefficient (Wildman–Crippen LogP) is 4.97. The van der Waals surface area contributed by atoms with Gasteiger partial charge in [0.05, 0.1) is 0 Å². The topological polar surface area (TPSA) is 52.3 Å². The maximum absolute atomic E-state index is 11.7. The Hall–Kier alpha value is -0.570. The molecule has 0 aliphatic rings. The van der Waals surface area contributed by atoms with Gasteiger partial charge >= 0.3 is 5.97 Å². The van der Waals surface area contributed by atoms with Crippen LogP contribution in [-0.4, -0.2) is 18.1 Å². The van der Waals surface area contributed by atoms with Crippen molar-refractivity contribution in [3.05, 3.63) is 0 Å². The lowest BCUT2D eigenvalue weighted by molar-refractivity contribution is -0.151. The number of ether oxygens (including phenoxy) is 1. The van der Waals surface area contributed by atoms with Gasteiger partial charge in [-0.05, 0) is 32.6 Å². The molecule has 0 bridgehead atoms. The number of hydrogen-bond acceptors (Lipinski definition) is 3. The normalized spacial score (nSPS) is 12.6. The molecule has 0 radical (unpaired) electrons. The van der Waals surface area contributed by atoms with Gasteiger partial charge in [0.2, 0.25) is 0 Å². The Bertz CT molecular complexity index is 227. The first-order chi connectivity index (χ1) is 10.1. The van der Waals surface area contributed by atoms with Crippen molar-refractivity contribution in [1.82, 2.24) is 0 Å². The van der Waals surface area contributed by atoms with Crippen LogP contribution in [0.4, 0.5) is 0 Å². The summed E-state index contributed by atoms with van der Waals surface area (Å²) in [7, 11) is 0.